The fourth-order valence-corrected chi connectivity index (χ4v) is 4.78. The van der Waals surface area contributed by atoms with Crippen molar-refractivity contribution in [2.45, 2.75) is 13.0 Å². The summed E-state index contributed by atoms with van der Waals surface area (Å²) in [7, 11) is 3.16. The number of fused-ring (bicyclic) bond motifs is 1. The van der Waals surface area contributed by atoms with E-state index in [1.54, 1.807) is 32.4 Å². The lowest BCUT2D eigenvalue weighted by Crippen LogP contribution is -2.28. The normalized spacial score (nSPS) is 16.6. The molecule has 0 saturated carbocycles. The lowest BCUT2D eigenvalue weighted by molar-refractivity contribution is 0.101. The predicted molar refractivity (Wildman–Crippen MR) is 138 cm³/mol. The Balaban J connectivity index is 1.51. The molecule has 2 aliphatic heterocycles. The maximum atomic E-state index is 13.4. The molecule has 178 valence electrons. The zero-order chi connectivity index (χ0) is 24.4. The van der Waals surface area contributed by atoms with Crippen molar-refractivity contribution < 1.29 is 19.0 Å². The number of nitrogens with zero attached hydrogens (tertiary/aromatic N) is 1. The van der Waals surface area contributed by atoms with Crippen molar-refractivity contribution >= 4 is 29.0 Å². The van der Waals surface area contributed by atoms with Gasteiger partial charge < -0.3 is 14.2 Å². The summed E-state index contributed by atoms with van der Waals surface area (Å²) in [5.41, 5.74) is 4.31. The second-order valence-electron chi connectivity index (χ2n) is 8.52. The van der Waals surface area contributed by atoms with E-state index in [2.05, 4.69) is 35.2 Å². The van der Waals surface area contributed by atoms with Gasteiger partial charge in [0.2, 0.25) is 5.78 Å². The smallest absolute Gasteiger partial charge is 0.235 e. The molecule has 0 amide bonds. The standard InChI is InChI=1S/C29H26ClNO4/c1-33-23-17-24(34-2)27-28(32)25(16-21-10-6-7-11-22(21)30)35-29(27)26(23)20-12-14-31(15-13-20)18-19-8-4-3-5-9-19/h3-12,16-17H,13-15,18H2,1-2H3. The largest absolute Gasteiger partial charge is 0.496 e. The number of hydrogen-bond acceptors (Lipinski definition) is 5. The highest BCUT2D eigenvalue weighted by molar-refractivity contribution is 6.32. The molecule has 0 atom stereocenters. The fraction of sp³-hybridized carbons (Fsp3) is 0.207. The van der Waals surface area contributed by atoms with Gasteiger partial charge in [0.05, 0.1) is 19.8 Å². The van der Waals surface area contributed by atoms with Crippen molar-refractivity contribution in [1.82, 2.24) is 4.90 Å². The first-order valence-electron chi connectivity index (χ1n) is 11.5. The summed E-state index contributed by atoms with van der Waals surface area (Å²) in [6.07, 6.45) is 4.68. The van der Waals surface area contributed by atoms with Gasteiger partial charge in [0, 0.05) is 30.7 Å². The molecule has 0 N–H and O–H groups in total. The van der Waals surface area contributed by atoms with Crippen molar-refractivity contribution in [2.75, 3.05) is 27.3 Å². The van der Waals surface area contributed by atoms with Crippen molar-refractivity contribution in [2.24, 2.45) is 0 Å². The molecule has 2 heterocycles. The van der Waals surface area contributed by atoms with Crippen LogP contribution in [0.4, 0.5) is 0 Å². The summed E-state index contributed by atoms with van der Waals surface area (Å²) in [4.78, 5) is 15.8. The van der Waals surface area contributed by atoms with Crippen LogP contribution in [0.3, 0.4) is 0 Å². The number of carbonyl (C=O) groups excluding carboxylic acids is 1. The number of halogens is 1. The first kappa shape index (κ1) is 23.2. The highest BCUT2D eigenvalue weighted by Gasteiger charge is 2.37. The Bertz CT molecular complexity index is 1330. The molecule has 0 radical (unpaired) electrons. The number of rotatable bonds is 6. The van der Waals surface area contributed by atoms with Gasteiger partial charge in [-0.2, -0.15) is 0 Å². The third-order valence-electron chi connectivity index (χ3n) is 6.37. The van der Waals surface area contributed by atoms with Gasteiger partial charge in [-0.15, -0.1) is 0 Å². The number of methoxy groups -OCH3 is 2. The summed E-state index contributed by atoms with van der Waals surface area (Å²) in [6.45, 7) is 2.58. The van der Waals surface area contributed by atoms with E-state index < -0.39 is 0 Å². The van der Waals surface area contributed by atoms with E-state index in [0.717, 1.165) is 37.2 Å². The molecule has 2 aliphatic rings. The van der Waals surface area contributed by atoms with Gasteiger partial charge in [-0.05, 0) is 35.3 Å². The van der Waals surface area contributed by atoms with Gasteiger partial charge >= 0.3 is 0 Å². The molecule has 3 aromatic rings. The summed E-state index contributed by atoms with van der Waals surface area (Å²) < 4.78 is 17.5. The van der Waals surface area contributed by atoms with Crippen LogP contribution in [-0.2, 0) is 6.54 Å². The molecule has 0 aliphatic carbocycles. The number of ether oxygens (including phenoxy) is 3. The average Bonchev–Trinajstić information content (AvgIpc) is 3.21. The first-order valence-corrected chi connectivity index (χ1v) is 11.9. The maximum absolute atomic E-state index is 13.4. The molecule has 35 heavy (non-hydrogen) atoms. The third kappa shape index (κ3) is 4.57. The second-order valence-corrected chi connectivity index (χ2v) is 8.93. The Labute approximate surface area is 210 Å². The minimum absolute atomic E-state index is 0.211. The molecular formula is C29H26ClNO4. The molecule has 0 aromatic heterocycles. The Morgan fingerprint density at radius 1 is 1.00 bits per heavy atom. The maximum Gasteiger partial charge on any atom is 0.235 e. The van der Waals surface area contributed by atoms with Gasteiger partial charge in [-0.1, -0.05) is 66.2 Å². The molecule has 3 aromatic carbocycles. The predicted octanol–water partition coefficient (Wildman–Crippen LogP) is 6.26. The van der Waals surface area contributed by atoms with Crippen LogP contribution in [0.15, 0.2) is 72.5 Å². The number of ketones is 1. The van der Waals surface area contributed by atoms with Crippen molar-refractivity contribution in [3.8, 4) is 17.2 Å². The minimum atomic E-state index is -0.234. The highest BCUT2D eigenvalue weighted by atomic mass is 35.5. The van der Waals surface area contributed by atoms with Crippen LogP contribution in [-0.4, -0.2) is 38.0 Å². The van der Waals surface area contributed by atoms with E-state index in [4.69, 9.17) is 25.8 Å². The number of allylic oxidation sites excluding steroid dienone is 1. The van der Waals surface area contributed by atoms with E-state index in [0.29, 0.717) is 33.4 Å². The van der Waals surface area contributed by atoms with Crippen LogP contribution < -0.4 is 14.2 Å². The number of carbonyl (C=O) groups is 1. The van der Waals surface area contributed by atoms with Gasteiger partial charge in [-0.25, -0.2) is 0 Å². The summed E-state index contributed by atoms with van der Waals surface area (Å²) in [6, 6.07) is 19.6. The lowest BCUT2D eigenvalue weighted by atomic mass is 9.94. The van der Waals surface area contributed by atoms with Crippen LogP contribution in [0.25, 0.3) is 11.6 Å². The van der Waals surface area contributed by atoms with Crippen LogP contribution in [0.2, 0.25) is 5.02 Å². The van der Waals surface area contributed by atoms with Gasteiger partial charge in [-0.3, -0.25) is 9.69 Å². The van der Waals surface area contributed by atoms with E-state index in [9.17, 15) is 4.79 Å². The van der Waals surface area contributed by atoms with Gasteiger partial charge in [0.25, 0.3) is 0 Å². The van der Waals surface area contributed by atoms with Gasteiger partial charge in [0.15, 0.2) is 11.5 Å². The van der Waals surface area contributed by atoms with Crippen LogP contribution in [0.1, 0.15) is 33.5 Å². The number of Topliss-reactive ketones (excluding diaryl/α,β-unsaturated/α-hetero) is 1. The van der Waals surface area contributed by atoms with E-state index >= 15 is 0 Å². The van der Waals surface area contributed by atoms with Crippen LogP contribution in [0.5, 0.6) is 17.2 Å². The molecule has 0 spiro atoms. The Morgan fingerprint density at radius 2 is 1.71 bits per heavy atom. The summed E-state index contributed by atoms with van der Waals surface area (Å²) >= 11 is 6.32. The van der Waals surface area contributed by atoms with Crippen molar-refractivity contribution in [1.29, 1.82) is 0 Å². The monoisotopic (exact) mass is 487 g/mol. The average molecular weight is 488 g/mol. The molecule has 5 rings (SSSR count). The van der Waals surface area contributed by atoms with Crippen molar-refractivity contribution in [3.05, 3.63) is 99.8 Å². The summed E-state index contributed by atoms with van der Waals surface area (Å²) in [5, 5.41) is 0.547. The fourth-order valence-electron chi connectivity index (χ4n) is 4.59. The third-order valence-corrected chi connectivity index (χ3v) is 6.71. The quantitative estimate of drug-likeness (QED) is 0.384. The minimum Gasteiger partial charge on any atom is -0.496 e. The molecule has 0 fully saturated rings. The second kappa shape index (κ2) is 9.98. The van der Waals surface area contributed by atoms with Crippen LogP contribution >= 0.6 is 11.6 Å². The number of benzene rings is 3. The van der Waals surface area contributed by atoms with Crippen LogP contribution in [0, 0.1) is 0 Å². The molecule has 5 nitrogen and oxygen atoms in total. The molecule has 0 unspecified atom stereocenters. The highest BCUT2D eigenvalue weighted by Crippen LogP contribution is 2.49. The topological polar surface area (TPSA) is 48.0 Å². The van der Waals surface area contributed by atoms with E-state index in [1.807, 2.05) is 24.3 Å². The molecule has 6 heteroatoms. The Hall–Kier alpha value is -3.54. The van der Waals surface area contributed by atoms with Crippen molar-refractivity contribution in [3.63, 3.8) is 0 Å². The number of hydrogen-bond donors (Lipinski definition) is 0. The summed E-state index contributed by atoms with van der Waals surface area (Å²) in [5.74, 6) is 1.50. The molecule has 0 bridgehead atoms. The van der Waals surface area contributed by atoms with Gasteiger partial charge in [0.1, 0.15) is 17.1 Å². The zero-order valence-corrected chi connectivity index (χ0v) is 20.5. The molecule has 0 saturated heterocycles. The van der Waals surface area contributed by atoms with E-state index in [-0.39, 0.29) is 11.5 Å². The van der Waals surface area contributed by atoms with E-state index in [1.165, 1.54) is 5.56 Å². The Kier molecular flexibility index (Phi) is 6.62. The lowest BCUT2D eigenvalue weighted by Gasteiger charge is -2.27. The molecular weight excluding hydrogens is 462 g/mol. The Morgan fingerprint density at radius 3 is 2.40 bits per heavy atom. The zero-order valence-electron chi connectivity index (χ0n) is 19.7. The first-order chi connectivity index (χ1) is 17.1. The SMILES string of the molecule is COc1cc(OC)c(C2=CCN(Cc3ccccc3)CC2)c2c1C(=O)C(=Cc1ccccc1Cl)O2.